The molecular weight excluding hydrogens is 340 g/mol. The molecule has 0 N–H and O–H groups in total. The van der Waals surface area contributed by atoms with Crippen molar-refractivity contribution >= 4 is 0 Å². The molecular formula is C27H36O. The minimum atomic E-state index is 0.654. The van der Waals surface area contributed by atoms with Crippen LogP contribution >= 0.6 is 0 Å². The van der Waals surface area contributed by atoms with Gasteiger partial charge in [-0.15, -0.1) is 0 Å². The Morgan fingerprint density at radius 3 is 1.46 bits per heavy atom. The van der Waals surface area contributed by atoms with E-state index >= 15 is 0 Å². The number of ether oxygens (including phenoxy) is 1. The molecule has 0 saturated heterocycles. The summed E-state index contributed by atoms with van der Waals surface area (Å²) in [5.74, 6) is 2.42. The summed E-state index contributed by atoms with van der Waals surface area (Å²) in [5, 5.41) is 0. The summed E-state index contributed by atoms with van der Waals surface area (Å²) in [5.41, 5.74) is 4.19. The molecule has 1 nitrogen and oxygen atoms in total. The van der Waals surface area contributed by atoms with Crippen LogP contribution in [0.25, 0.3) is 0 Å². The summed E-state index contributed by atoms with van der Waals surface area (Å²) in [4.78, 5) is 0. The topological polar surface area (TPSA) is 9.23 Å². The highest BCUT2D eigenvalue weighted by Crippen LogP contribution is 2.21. The van der Waals surface area contributed by atoms with Gasteiger partial charge in [-0.3, -0.25) is 0 Å². The van der Waals surface area contributed by atoms with E-state index in [4.69, 9.17) is 4.74 Å². The van der Waals surface area contributed by atoms with Gasteiger partial charge in [-0.05, 0) is 59.7 Å². The highest BCUT2D eigenvalue weighted by atomic mass is 16.5. The van der Waals surface area contributed by atoms with Gasteiger partial charge in [0.25, 0.3) is 0 Å². The molecule has 0 bridgehead atoms. The molecule has 0 aromatic heterocycles. The van der Waals surface area contributed by atoms with Crippen molar-refractivity contribution in [2.75, 3.05) is 0 Å². The van der Waals surface area contributed by atoms with Crippen LogP contribution in [0.2, 0.25) is 0 Å². The van der Waals surface area contributed by atoms with Gasteiger partial charge in [0.05, 0.1) is 0 Å². The van der Waals surface area contributed by atoms with Crippen LogP contribution in [0.3, 0.4) is 0 Å². The first-order valence-corrected chi connectivity index (χ1v) is 10.5. The lowest BCUT2D eigenvalue weighted by Crippen LogP contribution is -1.87. The van der Waals surface area contributed by atoms with E-state index in [2.05, 4.69) is 64.1 Å². The van der Waals surface area contributed by atoms with Crippen molar-refractivity contribution < 1.29 is 4.74 Å². The molecule has 0 radical (unpaired) electrons. The molecule has 1 heteroatoms. The Balaban J connectivity index is 0.000000268. The molecule has 0 saturated carbocycles. The van der Waals surface area contributed by atoms with Gasteiger partial charge in [0.15, 0.2) is 0 Å². The summed E-state index contributed by atoms with van der Waals surface area (Å²) < 4.78 is 5.68. The molecule has 3 aromatic carbocycles. The van der Waals surface area contributed by atoms with Crippen LogP contribution < -0.4 is 4.74 Å². The Morgan fingerprint density at radius 2 is 1.04 bits per heavy atom. The molecule has 0 aliphatic rings. The van der Waals surface area contributed by atoms with E-state index in [1.807, 2.05) is 56.3 Å². The van der Waals surface area contributed by atoms with Crippen LogP contribution in [0, 0.1) is 0 Å². The number of hydrogen-bond acceptors (Lipinski definition) is 1. The summed E-state index contributed by atoms with van der Waals surface area (Å²) in [6.07, 6.45) is 2.20. The Morgan fingerprint density at radius 1 is 0.607 bits per heavy atom. The maximum atomic E-state index is 5.68. The van der Waals surface area contributed by atoms with Gasteiger partial charge in [0.1, 0.15) is 11.5 Å². The number of para-hydroxylation sites is 1. The minimum Gasteiger partial charge on any atom is -0.457 e. The van der Waals surface area contributed by atoms with E-state index in [0.717, 1.165) is 24.3 Å². The molecule has 0 unspecified atom stereocenters. The normalized spacial score (nSPS) is 9.68. The Labute approximate surface area is 172 Å². The lowest BCUT2D eigenvalue weighted by atomic mass is 10.0. The summed E-state index contributed by atoms with van der Waals surface area (Å²) in [6.45, 7) is 12.8. The van der Waals surface area contributed by atoms with Gasteiger partial charge < -0.3 is 4.74 Å². The molecule has 0 aliphatic heterocycles. The Hall–Kier alpha value is -2.54. The zero-order chi connectivity index (χ0) is 20.8. The number of hydrogen-bond donors (Lipinski definition) is 0. The van der Waals surface area contributed by atoms with Crippen molar-refractivity contribution in [1.82, 2.24) is 0 Å². The van der Waals surface area contributed by atoms with Crippen LogP contribution in [0.4, 0.5) is 0 Å². The van der Waals surface area contributed by atoms with E-state index in [9.17, 15) is 0 Å². The van der Waals surface area contributed by atoms with Gasteiger partial charge in [-0.25, -0.2) is 0 Å². The fraction of sp³-hybridized carbons (Fsp3) is 0.333. The predicted molar refractivity (Wildman–Crippen MR) is 124 cm³/mol. The third-order valence-corrected chi connectivity index (χ3v) is 4.37. The molecule has 28 heavy (non-hydrogen) atoms. The van der Waals surface area contributed by atoms with Crippen LogP contribution in [-0.4, -0.2) is 0 Å². The van der Waals surface area contributed by atoms with Gasteiger partial charge in [-0.1, -0.05) is 96.1 Å². The predicted octanol–water partition coefficient (Wildman–Crippen LogP) is 8.44. The third kappa shape index (κ3) is 8.43. The molecule has 150 valence electrons. The van der Waals surface area contributed by atoms with Crippen LogP contribution in [-0.2, 0) is 12.8 Å². The monoisotopic (exact) mass is 376 g/mol. The van der Waals surface area contributed by atoms with Crippen molar-refractivity contribution in [3.63, 3.8) is 0 Å². The molecule has 3 aromatic rings. The minimum absolute atomic E-state index is 0.654. The van der Waals surface area contributed by atoms with Crippen molar-refractivity contribution in [3.8, 4) is 11.5 Å². The maximum absolute atomic E-state index is 5.68. The van der Waals surface area contributed by atoms with E-state index < -0.39 is 0 Å². The molecule has 0 amide bonds. The van der Waals surface area contributed by atoms with Crippen molar-refractivity contribution in [3.05, 3.63) is 95.6 Å². The van der Waals surface area contributed by atoms with Gasteiger partial charge >= 0.3 is 0 Å². The second kappa shape index (κ2) is 13.6. The first kappa shape index (κ1) is 23.5. The average molecular weight is 377 g/mol. The van der Waals surface area contributed by atoms with Gasteiger partial charge in [0, 0.05) is 0 Å². The lowest BCUT2D eigenvalue weighted by Gasteiger charge is -2.05. The molecule has 0 aliphatic carbocycles. The first-order valence-electron chi connectivity index (χ1n) is 10.5. The van der Waals surface area contributed by atoms with Crippen LogP contribution in [0.1, 0.15) is 64.2 Å². The fourth-order valence-electron chi connectivity index (χ4n) is 2.56. The summed E-state index contributed by atoms with van der Waals surface area (Å²) in [7, 11) is 0. The standard InChI is InChI=1S/C14H14O.C11H16.C2H6/c1-2-12-8-10-14(11-9-12)15-13-6-4-3-5-7-13;1-4-10-5-7-11(8-6-10)9(2)3;1-2/h3-11H,2H2,1H3;5-9H,4H2,1-3H3;1-2H3. The summed E-state index contributed by atoms with van der Waals surface area (Å²) >= 11 is 0. The molecule has 0 heterocycles. The highest BCUT2D eigenvalue weighted by molar-refractivity contribution is 5.32. The van der Waals surface area contributed by atoms with E-state index in [1.165, 1.54) is 16.7 Å². The van der Waals surface area contributed by atoms with Crippen molar-refractivity contribution in [2.45, 2.75) is 60.3 Å². The largest absolute Gasteiger partial charge is 0.457 e. The SMILES string of the molecule is CC.CCc1ccc(C(C)C)cc1.CCc1ccc(Oc2ccccc2)cc1. The zero-order valence-electron chi connectivity index (χ0n) is 18.4. The highest BCUT2D eigenvalue weighted by Gasteiger charge is 1.97. The van der Waals surface area contributed by atoms with Crippen molar-refractivity contribution in [2.24, 2.45) is 0 Å². The van der Waals surface area contributed by atoms with Crippen LogP contribution in [0.5, 0.6) is 11.5 Å². The molecule has 0 spiro atoms. The van der Waals surface area contributed by atoms with Gasteiger partial charge in [-0.2, -0.15) is 0 Å². The second-order valence-corrected chi connectivity index (χ2v) is 6.66. The number of benzene rings is 3. The number of rotatable bonds is 5. The maximum Gasteiger partial charge on any atom is 0.127 e. The lowest BCUT2D eigenvalue weighted by molar-refractivity contribution is 0.482. The Kier molecular flexibility index (Phi) is 11.4. The van der Waals surface area contributed by atoms with E-state index in [0.29, 0.717) is 5.92 Å². The van der Waals surface area contributed by atoms with E-state index in [1.54, 1.807) is 0 Å². The van der Waals surface area contributed by atoms with Gasteiger partial charge in [0.2, 0.25) is 0 Å². The Bertz CT molecular complexity index is 741. The first-order chi connectivity index (χ1) is 13.6. The van der Waals surface area contributed by atoms with Crippen molar-refractivity contribution in [1.29, 1.82) is 0 Å². The number of aryl methyl sites for hydroxylation is 2. The fourth-order valence-corrected chi connectivity index (χ4v) is 2.56. The van der Waals surface area contributed by atoms with E-state index in [-0.39, 0.29) is 0 Å². The zero-order valence-corrected chi connectivity index (χ0v) is 18.4. The second-order valence-electron chi connectivity index (χ2n) is 6.66. The quantitative estimate of drug-likeness (QED) is 0.434. The molecule has 3 rings (SSSR count). The van der Waals surface area contributed by atoms with Crippen LogP contribution in [0.15, 0.2) is 78.9 Å². The summed E-state index contributed by atoms with van der Waals surface area (Å²) in [6, 6.07) is 26.9. The average Bonchev–Trinajstić information content (AvgIpc) is 2.77. The smallest absolute Gasteiger partial charge is 0.127 e. The molecule has 0 fully saturated rings. The molecule has 0 atom stereocenters. The third-order valence-electron chi connectivity index (χ3n) is 4.37.